The molecule has 0 aliphatic carbocycles. The molecular formula is C16H19N3O2. The van der Waals surface area contributed by atoms with Gasteiger partial charge >= 0.3 is 5.97 Å². The number of nitrogens with zero attached hydrogens (tertiary/aromatic N) is 3. The summed E-state index contributed by atoms with van der Waals surface area (Å²) in [6.45, 7) is 4.91. The molecule has 0 fully saturated rings. The highest BCUT2D eigenvalue weighted by atomic mass is 16.5. The van der Waals surface area contributed by atoms with Crippen LogP contribution in [0.2, 0.25) is 0 Å². The van der Waals surface area contributed by atoms with Crippen LogP contribution >= 0.6 is 0 Å². The Hall–Kier alpha value is -2.35. The highest BCUT2D eigenvalue weighted by Gasteiger charge is 2.07. The molecule has 0 saturated heterocycles. The van der Waals surface area contributed by atoms with Crippen LogP contribution < -0.4 is 0 Å². The van der Waals surface area contributed by atoms with Crippen LogP contribution in [-0.2, 0) is 22.5 Å². The van der Waals surface area contributed by atoms with Gasteiger partial charge < -0.3 is 4.74 Å². The number of benzene rings is 1. The van der Waals surface area contributed by atoms with Crippen molar-refractivity contribution in [3.63, 3.8) is 0 Å². The number of carbonyl (C=O) groups is 1. The Morgan fingerprint density at radius 3 is 2.90 bits per heavy atom. The van der Waals surface area contributed by atoms with E-state index in [1.807, 2.05) is 29.9 Å². The van der Waals surface area contributed by atoms with E-state index in [1.165, 1.54) is 0 Å². The molecule has 2 rings (SSSR count). The molecule has 5 heteroatoms. The highest BCUT2D eigenvalue weighted by Crippen LogP contribution is 2.19. The molecule has 0 radical (unpaired) electrons. The first-order valence-corrected chi connectivity index (χ1v) is 7.23. The summed E-state index contributed by atoms with van der Waals surface area (Å²) in [6.07, 6.45) is 3.82. The van der Waals surface area contributed by atoms with Gasteiger partial charge in [0.2, 0.25) is 0 Å². The Bertz CT molecular complexity index is 683. The van der Waals surface area contributed by atoms with Crippen LogP contribution in [0.25, 0.3) is 10.9 Å². The van der Waals surface area contributed by atoms with Crippen LogP contribution in [0.5, 0.6) is 0 Å². The number of aromatic nitrogens is 2. The van der Waals surface area contributed by atoms with Gasteiger partial charge in [-0.05, 0) is 37.5 Å². The number of hydrogen-bond donors (Lipinski definition) is 0. The Morgan fingerprint density at radius 2 is 2.24 bits per heavy atom. The summed E-state index contributed by atoms with van der Waals surface area (Å²) < 4.78 is 6.72. The lowest BCUT2D eigenvalue weighted by molar-refractivity contribution is -0.143. The largest absolute Gasteiger partial charge is 0.466 e. The minimum atomic E-state index is -0.172. The zero-order valence-corrected chi connectivity index (χ0v) is 12.4. The van der Waals surface area contributed by atoms with E-state index >= 15 is 0 Å². The Labute approximate surface area is 124 Å². The summed E-state index contributed by atoms with van der Waals surface area (Å²) in [4.78, 5) is 11.3. The van der Waals surface area contributed by atoms with Crippen LogP contribution in [-0.4, -0.2) is 22.4 Å². The monoisotopic (exact) mass is 285 g/mol. The molecule has 1 heterocycles. The number of nitriles is 1. The zero-order chi connectivity index (χ0) is 15.2. The maximum atomic E-state index is 11.3. The fourth-order valence-electron chi connectivity index (χ4n) is 2.30. The van der Waals surface area contributed by atoms with E-state index in [0.29, 0.717) is 31.6 Å². The summed E-state index contributed by atoms with van der Waals surface area (Å²) in [6, 6.07) is 6.07. The van der Waals surface area contributed by atoms with E-state index < -0.39 is 0 Å². The van der Waals surface area contributed by atoms with Crippen LogP contribution in [0.4, 0.5) is 0 Å². The molecule has 0 bridgehead atoms. The zero-order valence-electron chi connectivity index (χ0n) is 12.4. The molecule has 0 amide bonds. The average molecular weight is 285 g/mol. The van der Waals surface area contributed by atoms with Crippen LogP contribution in [0.3, 0.4) is 0 Å². The topological polar surface area (TPSA) is 67.9 Å². The van der Waals surface area contributed by atoms with E-state index in [2.05, 4.69) is 11.2 Å². The Kier molecular flexibility index (Phi) is 4.94. The number of carbonyl (C=O) groups excluding carboxylic acids is 1. The third kappa shape index (κ3) is 3.60. The maximum absolute atomic E-state index is 11.3. The first-order chi connectivity index (χ1) is 10.2. The van der Waals surface area contributed by atoms with Crippen molar-refractivity contribution in [3.05, 3.63) is 29.5 Å². The van der Waals surface area contributed by atoms with E-state index in [4.69, 9.17) is 10.00 Å². The fourth-order valence-corrected chi connectivity index (χ4v) is 2.30. The van der Waals surface area contributed by atoms with Gasteiger partial charge in [0.25, 0.3) is 0 Å². The second-order valence-corrected chi connectivity index (χ2v) is 4.83. The third-order valence-electron chi connectivity index (χ3n) is 3.35. The van der Waals surface area contributed by atoms with E-state index in [9.17, 15) is 4.79 Å². The van der Waals surface area contributed by atoms with Crippen molar-refractivity contribution in [3.8, 4) is 6.07 Å². The van der Waals surface area contributed by atoms with Gasteiger partial charge in [0.1, 0.15) is 0 Å². The van der Waals surface area contributed by atoms with Crippen LogP contribution in [0, 0.1) is 11.3 Å². The molecule has 0 N–H and O–H groups in total. The third-order valence-corrected chi connectivity index (χ3v) is 3.35. The lowest BCUT2D eigenvalue weighted by atomic mass is 10.0. The van der Waals surface area contributed by atoms with Crippen molar-refractivity contribution >= 4 is 16.9 Å². The van der Waals surface area contributed by atoms with Gasteiger partial charge in [-0.15, -0.1) is 0 Å². The van der Waals surface area contributed by atoms with Crippen molar-refractivity contribution in [1.82, 2.24) is 9.78 Å². The molecule has 0 aliphatic heterocycles. The Balaban J connectivity index is 2.09. The molecule has 0 aliphatic rings. The lowest BCUT2D eigenvalue weighted by Crippen LogP contribution is -2.06. The molecule has 1 aromatic heterocycles. The van der Waals surface area contributed by atoms with Crippen molar-refractivity contribution in [2.45, 2.75) is 39.7 Å². The smallest absolute Gasteiger partial charge is 0.305 e. The molecule has 0 saturated carbocycles. The summed E-state index contributed by atoms with van der Waals surface area (Å²) in [5.74, 6) is -0.172. The summed E-state index contributed by atoms with van der Waals surface area (Å²) >= 11 is 0. The van der Waals surface area contributed by atoms with Gasteiger partial charge in [-0.3, -0.25) is 9.48 Å². The second kappa shape index (κ2) is 6.89. The predicted molar refractivity (Wildman–Crippen MR) is 79.7 cm³/mol. The molecule has 5 nitrogen and oxygen atoms in total. The standard InChI is InChI=1S/C16H19N3O2/c1-3-12-9-15-14(8-13(12)10-17)11-19(18-15)7-5-6-16(20)21-4-2/h8-9,11H,3-7H2,1-2H3. The molecule has 0 unspecified atom stereocenters. The lowest BCUT2D eigenvalue weighted by Gasteiger charge is -2.01. The van der Waals surface area contributed by atoms with Crippen LogP contribution in [0.1, 0.15) is 37.8 Å². The van der Waals surface area contributed by atoms with E-state index in [-0.39, 0.29) is 5.97 Å². The van der Waals surface area contributed by atoms with E-state index in [0.717, 1.165) is 22.9 Å². The SMILES string of the molecule is CCOC(=O)CCCn1cc2cc(C#N)c(CC)cc2n1. The molecule has 1 aromatic carbocycles. The number of esters is 1. The van der Waals surface area contributed by atoms with Crippen molar-refractivity contribution in [1.29, 1.82) is 5.26 Å². The first kappa shape index (κ1) is 15.0. The van der Waals surface area contributed by atoms with Gasteiger partial charge in [0.15, 0.2) is 0 Å². The van der Waals surface area contributed by atoms with Gasteiger partial charge in [0, 0.05) is 24.5 Å². The number of fused-ring (bicyclic) bond motifs is 1. The average Bonchev–Trinajstić information content (AvgIpc) is 2.87. The van der Waals surface area contributed by atoms with Gasteiger partial charge in [-0.1, -0.05) is 6.92 Å². The Morgan fingerprint density at radius 1 is 1.43 bits per heavy atom. The quantitative estimate of drug-likeness (QED) is 0.765. The predicted octanol–water partition coefficient (Wildman–Crippen LogP) is 2.81. The summed E-state index contributed by atoms with van der Waals surface area (Å²) in [5.41, 5.74) is 2.61. The minimum absolute atomic E-state index is 0.172. The minimum Gasteiger partial charge on any atom is -0.466 e. The van der Waals surface area contributed by atoms with Crippen molar-refractivity contribution in [2.75, 3.05) is 6.61 Å². The fraction of sp³-hybridized carbons (Fsp3) is 0.438. The number of hydrogen-bond acceptors (Lipinski definition) is 4. The van der Waals surface area contributed by atoms with Gasteiger partial charge in [-0.2, -0.15) is 10.4 Å². The molecule has 21 heavy (non-hydrogen) atoms. The maximum Gasteiger partial charge on any atom is 0.305 e. The normalized spacial score (nSPS) is 10.5. The van der Waals surface area contributed by atoms with Gasteiger partial charge in [-0.25, -0.2) is 0 Å². The van der Waals surface area contributed by atoms with Gasteiger partial charge in [0.05, 0.1) is 23.8 Å². The summed E-state index contributed by atoms with van der Waals surface area (Å²) in [7, 11) is 0. The second-order valence-electron chi connectivity index (χ2n) is 4.83. The molecular weight excluding hydrogens is 266 g/mol. The molecule has 110 valence electrons. The number of aryl methyl sites for hydroxylation is 2. The van der Waals surface area contributed by atoms with E-state index in [1.54, 1.807) is 6.92 Å². The molecule has 0 spiro atoms. The first-order valence-electron chi connectivity index (χ1n) is 7.23. The highest BCUT2D eigenvalue weighted by molar-refractivity contribution is 5.81. The molecule has 0 atom stereocenters. The molecule has 2 aromatic rings. The number of rotatable bonds is 6. The summed E-state index contributed by atoms with van der Waals surface area (Å²) in [5, 5.41) is 14.6. The van der Waals surface area contributed by atoms with Crippen molar-refractivity contribution < 1.29 is 9.53 Å². The number of ether oxygens (including phenoxy) is 1. The van der Waals surface area contributed by atoms with Crippen LogP contribution in [0.15, 0.2) is 18.3 Å². The van der Waals surface area contributed by atoms with Crippen molar-refractivity contribution in [2.24, 2.45) is 0 Å².